The summed E-state index contributed by atoms with van der Waals surface area (Å²) >= 11 is 0. The van der Waals surface area contributed by atoms with Crippen LogP contribution in [0.15, 0.2) is 66.7 Å². The number of hydrogen-bond donors (Lipinski definition) is 1. The lowest BCUT2D eigenvalue weighted by atomic mass is 9.95. The van der Waals surface area contributed by atoms with Crippen molar-refractivity contribution in [2.45, 2.75) is 19.8 Å². The number of carbonyl (C=O) groups is 4. The number of amides is 2. The number of nitrogens with zero attached hydrogens (tertiary/aromatic N) is 2. The normalized spacial score (nSPS) is 12.8. The van der Waals surface area contributed by atoms with Gasteiger partial charge in [0, 0.05) is 37.6 Å². The Morgan fingerprint density at radius 1 is 1.00 bits per heavy atom. The summed E-state index contributed by atoms with van der Waals surface area (Å²) in [4.78, 5) is 52.4. The van der Waals surface area contributed by atoms with Crippen molar-refractivity contribution in [3.63, 3.8) is 0 Å². The highest BCUT2D eigenvalue weighted by molar-refractivity contribution is 6.19. The molecule has 1 heterocycles. The van der Waals surface area contributed by atoms with Gasteiger partial charge < -0.3 is 19.9 Å². The smallest absolute Gasteiger partial charge is 0.337 e. The lowest BCUT2D eigenvalue weighted by Crippen LogP contribution is -2.34. The van der Waals surface area contributed by atoms with Gasteiger partial charge in [0.15, 0.2) is 6.29 Å². The SMILES string of the molecule is COC(=O)c1ccc(/C(C=O)=C(/Nc2ccc3c(c2)CCN3C(=O)CC(=O)N(C)C)c2ccccc2)c(C)c1. The quantitative estimate of drug-likeness (QED) is 0.155. The molecule has 8 heteroatoms. The number of benzene rings is 3. The number of hydrogen-bond acceptors (Lipinski definition) is 6. The number of nitrogens with one attached hydrogen (secondary N) is 1. The van der Waals surface area contributed by atoms with Gasteiger partial charge in [-0.05, 0) is 65.9 Å². The Hall–Kier alpha value is -4.72. The van der Waals surface area contributed by atoms with E-state index in [9.17, 15) is 19.2 Å². The van der Waals surface area contributed by atoms with Crippen LogP contribution in [0.1, 0.15) is 39.0 Å². The number of rotatable bonds is 8. The number of fused-ring (bicyclic) bond motifs is 1. The number of esters is 1. The van der Waals surface area contributed by atoms with Gasteiger partial charge in [-0.1, -0.05) is 36.4 Å². The Bertz CT molecular complexity index is 1460. The second kappa shape index (κ2) is 11.8. The molecule has 0 bridgehead atoms. The van der Waals surface area contributed by atoms with E-state index in [1.54, 1.807) is 37.2 Å². The molecule has 0 aromatic heterocycles. The third-order valence-electron chi connectivity index (χ3n) is 6.73. The van der Waals surface area contributed by atoms with Crippen molar-refractivity contribution in [1.29, 1.82) is 0 Å². The molecule has 0 saturated carbocycles. The molecular weight excluding hydrogens is 494 g/mol. The Balaban J connectivity index is 1.70. The molecule has 0 unspecified atom stereocenters. The largest absolute Gasteiger partial charge is 0.465 e. The molecule has 1 aliphatic heterocycles. The number of methoxy groups -OCH3 is 1. The Labute approximate surface area is 227 Å². The maximum atomic E-state index is 12.8. The van der Waals surface area contributed by atoms with Crippen molar-refractivity contribution >= 4 is 46.7 Å². The van der Waals surface area contributed by atoms with Crippen LogP contribution < -0.4 is 10.2 Å². The molecule has 0 radical (unpaired) electrons. The standard InChI is InChI=1S/C31H31N3O5/c1-20-16-23(31(38)39-4)10-12-25(20)26(19-35)30(21-8-6-5-7-9-21)32-24-11-13-27-22(17-24)14-15-34(27)29(37)18-28(36)33(2)3/h5-13,16-17,19,32H,14-15,18H2,1-4H3/b30-26+. The minimum Gasteiger partial charge on any atom is -0.465 e. The summed E-state index contributed by atoms with van der Waals surface area (Å²) in [6.07, 6.45) is 1.29. The van der Waals surface area contributed by atoms with Crippen molar-refractivity contribution in [3.05, 3.63) is 94.5 Å². The fourth-order valence-electron chi connectivity index (χ4n) is 4.63. The average Bonchev–Trinajstić information content (AvgIpc) is 3.37. The molecule has 0 atom stereocenters. The van der Waals surface area contributed by atoms with E-state index in [0.29, 0.717) is 35.4 Å². The maximum absolute atomic E-state index is 12.8. The molecule has 39 heavy (non-hydrogen) atoms. The van der Waals surface area contributed by atoms with Crippen molar-refractivity contribution in [1.82, 2.24) is 4.90 Å². The van der Waals surface area contributed by atoms with E-state index in [4.69, 9.17) is 4.74 Å². The summed E-state index contributed by atoms with van der Waals surface area (Å²) in [5.41, 5.74) is 6.24. The van der Waals surface area contributed by atoms with E-state index in [2.05, 4.69) is 5.32 Å². The molecule has 1 aliphatic rings. The first-order chi connectivity index (χ1) is 18.7. The molecule has 3 aromatic rings. The van der Waals surface area contributed by atoms with Gasteiger partial charge in [0.05, 0.1) is 18.4 Å². The van der Waals surface area contributed by atoms with Gasteiger partial charge in [-0.3, -0.25) is 14.4 Å². The summed E-state index contributed by atoms with van der Waals surface area (Å²) in [6.45, 7) is 2.35. The van der Waals surface area contributed by atoms with Crippen LogP contribution in [0.25, 0.3) is 11.3 Å². The van der Waals surface area contributed by atoms with Crippen molar-refractivity contribution in [2.24, 2.45) is 0 Å². The highest BCUT2D eigenvalue weighted by Crippen LogP contribution is 2.34. The molecule has 0 aliphatic carbocycles. The van der Waals surface area contributed by atoms with Gasteiger partial charge in [0.1, 0.15) is 6.42 Å². The minimum atomic E-state index is -0.445. The zero-order valence-electron chi connectivity index (χ0n) is 22.5. The van der Waals surface area contributed by atoms with Gasteiger partial charge in [0.25, 0.3) is 0 Å². The van der Waals surface area contributed by atoms with E-state index in [-0.39, 0.29) is 18.2 Å². The van der Waals surface area contributed by atoms with Gasteiger partial charge in [-0.15, -0.1) is 0 Å². The first kappa shape index (κ1) is 27.3. The topological polar surface area (TPSA) is 96.0 Å². The van der Waals surface area contributed by atoms with Crippen molar-refractivity contribution < 1.29 is 23.9 Å². The van der Waals surface area contributed by atoms with E-state index in [0.717, 1.165) is 34.4 Å². The monoisotopic (exact) mass is 525 g/mol. The van der Waals surface area contributed by atoms with E-state index in [1.165, 1.54) is 12.0 Å². The predicted molar refractivity (Wildman–Crippen MR) is 151 cm³/mol. The number of allylic oxidation sites excluding steroid dienone is 1. The summed E-state index contributed by atoms with van der Waals surface area (Å²) < 4.78 is 4.83. The Morgan fingerprint density at radius 3 is 2.38 bits per heavy atom. The molecule has 2 amide bonds. The van der Waals surface area contributed by atoms with E-state index < -0.39 is 5.97 Å². The van der Waals surface area contributed by atoms with Gasteiger partial charge >= 0.3 is 5.97 Å². The van der Waals surface area contributed by atoms with Crippen LogP contribution >= 0.6 is 0 Å². The molecule has 0 saturated heterocycles. The van der Waals surface area contributed by atoms with Crippen molar-refractivity contribution in [2.75, 3.05) is 38.0 Å². The lowest BCUT2D eigenvalue weighted by molar-refractivity contribution is -0.133. The summed E-state index contributed by atoms with van der Waals surface area (Å²) in [6, 6.07) is 20.3. The zero-order chi connectivity index (χ0) is 28.1. The van der Waals surface area contributed by atoms with Crippen LogP contribution in [-0.4, -0.2) is 56.7 Å². The second-order valence-electron chi connectivity index (χ2n) is 9.52. The third-order valence-corrected chi connectivity index (χ3v) is 6.73. The molecule has 200 valence electrons. The highest BCUT2D eigenvalue weighted by atomic mass is 16.5. The molecule has 1 N–H and O–H groups in total. The van der Waals surface area contributed by atoms with Gasteiger partial charge in [-0.25, -0.2) is 4.79 Å². The lowest BCUT2D eigenvalue weighted by Gasteiger charge is -2.20. The van der Waals surface area contributed by atoms with Crippen LogP contribution in [0, 0.1) is 6.92 Å². The Morgan fingerprint density at radius 2 is 1.74 bits per heavy atom. The van der Waals surface area contributed by atoms with Crippen LogP contribution in [-0.2, 0) is 25.5 Å². The number of ether oxygens (including phenoxy) is 1. The average molecular weight is 526 g/mol. The summed E-state index contributed by atoms with van der Waals surface area (Å²) in [5, 5.41) is 3.43. The van der Waals surface area contributed by atoms with Crippen LogP contribution in [0.4, 0.5) is 11.4 Å². The first-order valence-corrected chi connectivity index (χ1v) is 12.6. The number of aldehydes is 1. The van der Waals surface area contributed by atoms with Crippen LogP contribution in [0.5, 0.6) is 0 Å². The zero-order valence-corrected chi connectivity index (χ0v) is 22.5. The minimum absolute atomic E-state index is 0.176. The van der Waals surface area contributed by atoms with E-state index >= 15 is 0 Å². The fourth-order valence-corrected chi connectivity index (χ4v) is 4.63. The molecular formula is C31H31N3O5. The molecule has 0 fully saturated rings. The third kappa shape index (κ3) is 5.90. The highest BCUT2D eigenvalue weighted by Gasteiger charge is 2.27. The van der Waals surface area contributed by atoms with Crippen LogP contribution in [0.2, 0.25) is 0 Å². The molecule has 0 spiro atoms. The predicted octanol–water partition coefficient (Wildman–Crippen LogP) is 4.33. The second-order valence-corrected chi connectivity index (χ2v) is 9.52. The Kier molecular flexibility index (Phi) is 8.24. The number of anilines is 2. The number of aryl methyl sites for hydroxylation is 1. The molecule has 4 rings (SSSR count). The molecule has 3 aromatic carbocycles. The van der Waals surface area contributed by atoms with Gasteiger partial charge in [0.2, 0.25) is 11.8 Å². The van der Waals surface area contributed by atoms with Gasteiger partial charge in [-0.2, -0.15) is 0 Å². The van der Waals surface area contributed by atoms with E-state index in [1.807, 2.05) is 55.5 Å². The van der Waals surface area contributed by atoms with Crippen LogP contribution in [0.3, 0.4) is 0 Å². The number of carbonyl (C=O) groups excluding carboxylic acids is 4. The first-order valence-electron chi connectivity index (χ1n) is 12.6. The van der Waals surface area contributed by atoms with Crippen molar-refractivity contribution in [3.8, 4) is 0 Å². The summed E-state index contributed by atoms with van der Waals surface area (Å²) in [7, 11) is 4.59. The summed E-state index contributed by atoms with van der Waals surface area (Å²) in [5.74, 6) is -0.910. The maximum Gasteiger partial charge on any atom is 0.337 e. The fraction of sp³-hybridized carbons (Fsp3) is 0.226. The molecule has 8 nitrogen and oxygen atoms in total.